The summed E-state index contributed by atoms with van der Waals surface area (Å²) < 4.78 is 6.81. The molecule has 7 heteroatoms. The molecule has 0 aliphatic rings. The summed E-state index contributed by atoms with van der Waals surface area (Å²) in [6, 6.07) is 10.6. The number of H-pyrrole nitrogens is 1. The number of aromatic nitrogens is 3. The molecule has 3 aromatic rings. The molecule has 130 valence electrons. The Morgan fingerprint density at radius 2 is 2.12 bits per heavy atom. The first kappa shape index (κ1) is 17.4. The van der Waals surface area contributed by atoms with Crippen LogP contribution in [-0.4, -0.2) is 39.8 Å². The predicted molar refractivity (Wildman–Crippen MR) is 98.4 cm³/mol. The van der Waals surface area contributed by atoms with Gasteiger partial charge < -0.3 is 9.72 Å². The van der Waals surface area contributed by atoms with Crippen molar-refractivity contribution in [2.24, 2.45) is 0 Å². The molecule has 0 bridgehead atoms. The molecule has 0 amide bonds. The normalized spacial score (nSPS) is 12.4. The number of carbonyl (C=O) groups excluding carboxylic acids is 1. The van der Waals surface area contributed by atoms with E-state index in [0.717, 1.165) is 0 Å². The maximum Gasteiger partial charge on any atom is 0.262 e. The number of methoxy groups -OCH3 is 1. The number of nitrogens with one attached hydrogen (secondary N) is 1. The van der Waals surface area contributed by atoms with Gasteiger partial charge in [0.25, 0.3) is 5.56 Å². The van der Waals surface area contributed by atoms with Gasteiger partial charge in [-0.2, -0.15) is 0 Å². The van der Waals surface area contributed by atoms with Crippen LogP contribution in [0.2, 0.25) is 0 Å². The van der Waals surface area contributed by atoms with Gasteiger partial charge in [-0.1, -0.05) is 23.9 Å². The summed E-state index contributed by atoms with van der Waals surface area (Å²) in [5.74, 6) is 0.161. The fourth-order valence-corrected chi connectivity index (χ4v) is 3.62. The standard InChI is InChI=1S/C18H19N3O3S/c1-12(10-24-2)21-17(23)13-6-3-4-7-14(13)20-18(21)25-11-16(22)15-8-5-9-19-15/h3-9,12,19H,10-11H2,1-2H3. The van der Waals surface area contributed by atoms with Crippen molar-refractivity contribution in [1.82, 2.24) is 14.5 Å². The highest BCUT2D eigenvalue weighted by Crippen LogP contribution is 2.22. The Kier molecular flexibility index (Phi) is 5.35. The molecule has 0 aliphatic carbocycles. The Morgan fingerprint density at radius 3 is 2.84 bits per heavy atom. The topological polar surface area (TPSA) is 77.0 Å². The first-order valence-corrected chi connectivity index (χ1v) is 8.90. The molecular formula is C18H19N3O3S. The Balaban J connectivity index is 1.98. The molecule has 3 rings (SSSR count). The lowest BCUT2D eigenvalue weighted by molar-refractivity contribution is 0.101. The highest BCUT2D eigenvalue weighted by Gasteiger charge is 2.18. The second-order valence-electron chi connectivity index (χ2n) is 5.69. The second-order valence-corrected chi connectivity index (χ2v) is 6.63. The molecule has 0 aliphatic heterocycles. The number of nitrogens with zero attached hydrogens (tertiary/aromatic N) is 2. The van der Waals surface area contributed by atoms with E-state index in [-0.39, 0.29) is 23.1 Å². The van der Waals surface area contributed by atoms with E-state index >= 15 is 0 Å². The van der Waals surface area contributed by atoms with Crippen molar-refractivity contribution in [2.75, 3.05) is 19.5 Å². The first-order chi connectivity index (χ1) is 12.1. The summed E-state index contributed by atoms with van der Waals surface area (Å²) in [7, 11) is 1.59. The van der Waals surface area contributed by atoms with E-state index in [9.17, 15) is 9.59 Å². The van der Waals surface area contributed by atoms with Crippen LogP contribution < -0.4 is 5.56 Å². The van der Waals surface area contributed by atoms with E-state index in [1.807, 2.05) is 19.1 Å². The molecule has 2 heterocycles. The van der Waals surface area contributed by atoms with Crippen LogP contribution in [0.15, 0.2) is 52.5 Å². The lowest BCUT2D eigenvalue weighted by atomic mass is 10.2. The summed E-state index contributed by atoms with van der Waals surface area (Å²) in [5, 5.41) is 1.08. The number of para-hydroxylation sites is 1. The molecule has 1 unspecified atom stereocenters. The smallest absolute Gasteiger partial charge is 0.262 e. The minimum absolute atomic E-state index is 0.0386. The fourth-order valence-electron chi connectivity index (χ4n) is 2.64. The summed E-state index contributed by atoms with van der Waals surface area (Å²) in [4.78, 5) is 32.6. The number of hydrogen-bond donors (Lipinski definition) is 1. The highest BCUT2D eigenvalue weighted by molar-refractivity contribution is 7.99. The Labute approximate surface area is 149 Å². The first-order valence-electron chi connectivity index (χ1n) is 7.91. The number of thioether (sulfide) groups is 1. The quantitative estimate of drug-likeness (QED) is 0.400. The average Bonchev–Trinajstić information content (AvgIpc) is 3.14. The van der Waals surface area contributed by atoms with Gasteiger partial charge in [-0.25, -0.2) is 4.98 Å². The Bertz CT molecular complexity index is 934. The molecule has 1 aromatic carbocycles. The molecular weight excluding hydrogens is 338 g/mol. The fraction of sp³-hybridized carbons (Fsp3) is 0.278. The third-order valence-corrected chi connectivity index (χ3v) is 4.81. The molecule has 0 saturated heterocycles. The zero-order chi connectivity index (χ0) is 17.8. The third-order valence-electron chi connectivity index (χ3n) is 3.85. The Morgan fingerprint density at radius 1 is 1.32 bits per heavy atom. The molecule has 25 heavy (non-hydrogen) atoms. The van der Waals surface area contributed by atoms with Crippen molar-refractivity contribution in [1.29, 1.82) is 0 Å². The maximum atomic E-state index is 12.9. The lowest BCUT2D eigenvalue weighted by Gasteiger charge is -2.18. The minimum atomic E-state index is -0.183. The lowest BCUT2D eigenvalue weighted by Crippen LogP contribution is -2.28. The zero-order valence-electron chi connectivity index (χ0n) is 14.1. The van der Waals surface area contributed by atoms with Crippen LogP contribution >= 0.6 is 11.8 Å². The van der Waals surface area contributed by atoms with Gasteiger partial charge in [0.2, 0.25) is 0 Å². The number of ether oxygens (including phenoxy) is 1. The number of aromatic amines is 1. The summed E-state index contributed by atoms with van der Waals surface area (Å²) >= 11 is 1.26. The van der Waals surface area contributed by atoms with E-state index in [2.05, 4.69) is 9.97 Å². The van der Waals surface area contributed by atoms with Crippen molar-refractivity contribution in [3.63, 3.8) is 0 Å². The summed E-state index contributed by atoms with van der Waals surface area (Å²) in [6.07, 6.45) is 1.71. The third kappa shape index (κ3) is 3.67. The SMILES string of the molecule is COCC(C)n1c(SCC(=O)c2ccc[nH]2)nc2ccccc2c1=O. The van der Waals surface area contributed by atoms with Gasteiger partial charge in [-0.05, 0) is 31.2 Å². The van der Waals surface area contributed by atoms with Crippen LogP contribution in [0, 0.1) is 0 Å². The van der Waals surface area contributed by atoms with Crippen LogP contribution in [0.25, 0.3) is 10.9 Å². The van der Waals surface area contributed by atoms with E-state index in [1.165, 1.54) is 11.8 Å². The molecule has 0 spiro atoms. The molecule has 1 atom stereocenters. The molecule has 0 saturated carbocycles. The number of ketones is 1. The second kappa shape index (κ2) is 7.67. The monoisotopic (exact) mass is 357 g/mol. The van der Waals surface area contributed by atoms with E-state index in [0.29, 0.717) is 28.4 Å². The molecule has 0 fully saturated rings. The van der Waals surface area contributed by atoms with E-state index in [1.54, 1.807) is 42.1 Å². The maximum absolute atomic E-state index is 12.9. The van der Waals surface area contributed by atoms with Crippen LogP contribution in [-0.2, 0) is 4.74 Å². The average molecular weight is 357 g/mol. The number of benzene rings is 1. The molecule has 6 nitrogen and oxygen atoms in total. The van der Waals surface area contributed by atoms with Gasteiger partial charge in [-0.3, -0.25) is 14.2 Å². The number of hydrogen-bond acceptors (Lipinski definition) is 5. The molecule has 2 aromatic heterocycles. The molecule has 1 N–H and O–H groups in total. The summed E-state index contributed by atoms with van der Waals surface area (Å²) in [6.45, 7) is 2.29. The largest absolute Gasteiger partial charge is 0.383 e. The molecule has 0 radical (unpaired) electrons. The number of carbonyl (C=O) groups is 1. The van der Waals surface area contributed by atoms with Gasteiger partial charge in [0.1, 0.15) is 0 Å². The highest BCUT2D eigenvalue weighted by atomic mass is 32.2. The minimum Gasteiger partial charge on any atom is -0.383 e. The number of fused-ring (bicyclic) bond motifs is 1. The van der Waals surface area contributed by atoms with E-state index in [4.69, 9.17) is 4.74 Å². The number of rotatable bonds is 7. The van der Waals surface area contributed by atoms with Gasteiger partial charge in [0.15, 0.2) is 10.9 Å². The number of Topliss-reactive ketones (excluding diaryl/α,β-unsaturated/α-hetero) is 1. The van der Waals surface area contributed by atoms with Gasteiger partial charge in [-0.15, -0.1) is 0 Å². The summed E-state index contributed by atoms with van der Waals surface area (Å²) in [5.41, 5.74) is 1.06. The van der Waals surface area contributed by atoms with Gasteiger partial charge in [0, 0.05) is 13.3 Å². The Hall–Kier alpha value is -2.38. The zero-order valence-corrected chi connectivity index (χ0v) is 14.9. The van der Waals surface area contributed by atoms with Crippen molar-refractivity contribution in [2.45, 2.75) is 18.1 Å². The van der Waals surface area contributed by atoms with Gasteiger partial charge >= 0.3 is 0 Å². The van der Waals surface area contributed by atoms with Crippen LogP contribution in [0.5, 0.6) is 0 Å². The van der Waals surface area contributed by atoms with Crippen molar-refractivity contribution >= 4 is 28.4 Å². The van der Waals surface area contributed by atoms with Crippen LogP contribution in [0.1, 0.15) is 23.5 Å². The van der Waals surface area contributed by atoms with Crippen molar-refractivity contribution in [3.05, 3.63) is 58.6 Å². The van der Waals surface area contributed by atoms with Crippen LogP contribution in [0.3, 0.4) is 0 Å². The van der Waals surface area contributed by atoms with Crippen molar-refractivity contribution < 1.29 is 9.53 Å². The predicted octanol–water partition coefficient (Wildman–Crippen LogP) is 2.91. The van der Waals surface area contributed by atoms with Gasteiger partial charge in [0.05, 0.1) is 35.0 Å². The van der Waals surface area contributed by atoms with Crippen molar-refractivity contribution in [3.8, 4) is 0 Å². The van der Waals surface area contributed by atoms with Crippen LogP contribution in [0.4, 0.5) is 0 Å². The van der Waals surface area contributed by atoms with E-state index < -0.39 is 0 Å².